The lowest BCUT2D eigenvalue weighted by Gasteiger charge is -2.08. The quantitative estimate of drug-likeness (QED) is 0.738. The molecule has 0 saturated heterocycles. The Labute approximate surface area is 119 Å². The standard InChI is InChI=1S/C16H19N3O/c1-2-3-12-4-8-14(9-5-12)18-16(20)19-15-10-6-13(17)7-11-15/h4-11H,2-3,17H2,1H3,(H2,18,19,20). The third-order valence-corrected chi connectivity index (χ3v) is 2.92. The molecule has 0 bridgehead atoms. The van der Waals surface area contributed by atoms with E-state index in [9.17, 15) is 4.79 Å². The molecule has 0 aliphatic heterocycles. The van der Waals surface area contributed by atoms with Crippen molar-refractivity contribution < 1.29 is 4.79 Å². The Morgan fingerprint density at radius 2 is 1.45 bits per heavy atom. The lowest BCUT2D eigenvalue weighted by atomic mass is 10.1. The molecule has 4 N–H and O–H groups in total. The van der Waals surface area contributed by atoms with E-state index in [4.69, 9.17) is 5.73 Å². The second kappa shape index (κ2) is 6.61. The summed E-state index contributed by atoms with van der Waals surface area (Å²) in [6.45, 7) is 2.15. The highest BCUT2D eigenvalue weighted by molar-refractivity contribution is 5.99. The molecule has 0 aromatic heterocycles. The van der Waals surface area contributed by atoms with Crippen molar-refractivity contribution >= 4 is 23.1 Å². The molecule has 0 saturated carbocycles. The molecule has 0 atom stereocenters. The second-order valence-electron chi connectivity index (χ2n) is 4.65. The number of hydrogen-bond acceptors (Lipinski definition) is 2. The molecule has 0 spiro atoms. The molecule has 0 heterocycles. The molecule has 0 radical (unpaired) electrons. The van der Waals surface area contributed by atoms with Crippen LogP contribution in [0.5, 0.6) is 0 Å². The van der Waals surface area contributed by atoms with Crippen LogP contribution in [-0.4, -0.2) is 6.03 Å². The van der Waals surface area contributed by atoms with Gasteiger partial charge in [0, 0.05) is 17.1 Å². The minimum Gasteiger partial charge on any atom is -0.399 e. The number of nitrogens with two attached hydrogens (primary N) is 1. The van der Waals surface area contributed by atoms with Gasteiger partial charge in [-0.15, -0.1) is 0 Å². The van der Waals surface area contributed by atoms with Crippen molar-refractivity contribution in [1.82, 2.24) is 0 Å². The average molecular weight is 269 g/mol. The molecule has 2 amide bonds. The van der Waals surface area contributed by atoms with Crippen molar-refractivity contribution in [3.8, 4) is 0 Å². The number of urea groups is 1. The molecular formula is C16H19N3O. The van der Waals surface area contributed by atoms with Gasteiger partial charge in [0.15, 0.2) is 0 Å². The van der Waals surface area contributed by atoms with E-state index in [1.165, 1.54) is 5.56 Å². The van der Waals surface area contributed by atoms with Gasteiger partial charge in [0.1, 0.15) is 0 Å². The summed E-state index contributed by atoms with van der Waals surface area (Å²) in [6.07, 6.45) is 2.17. The van der Waals surface area contributed by atoms with Gasteiger partial charge in [0.2, 0.25) is 0 Å². The van der Waals surface area contributed by atoms with Gasteiger partial charge in [-0.25, -0.2) is 4.79 Å². The summed E-state index contributed by atoms with van der Waals surface area (Å²) < 4.78 is 0. The fraction of sp³-hybridized carbons (Fsp3) is 0.188. The first-order valence-electron chi connectivity index (χ1n) is 6.70. The maximum Gasteiger partial charge on any atom is 0.323 e. The number of amides is 2. The zero-order chi connectivity index (χ0) is 14.4. The van der Waals surface area contributed by atoms with E-state index < -0.39 is 0 Å². The number of aryl methyl sites for hydroxylation is 1. The van der Waals surface area contributed by atoms with Gasteiger partial charge < -0.3 is 16.4 Å². The molecule has 4 heteroatoms. The maximum absolute atomic E-state index is 11.8. The van der Waals surface area contributed by atoms with Gasteiger partial charge in [0.25, 0.3) is 0 Å². The van der Waals surface area contributed by atoms with E-state index in [0.717, 1.165) is 18.5 Å². The third kappa shape index (κ3) is 4.02. The Balaban J connectivity index is 1.92. The second-order valence-corrected chi connectivity index (χ2v) is 4.65. The summed E-state index contributed by atoms with van der Waals surface area (Å²) in [6, 6.07) is 14.6. The number of anilines is 3. The summed E-state index contributed by atoms with van der Waals surface area (Å²) in [5.74, 6) is 0. The molecule has 2 aromatic carbocycles. The third-order valence-electron chi connectivity index (χ3n) is 2.92. The first-order chi connectivity index (χ1) is 9.67. The minimum atomic E-state index is -0.266. The van der Waals surface area contributed by atoms with E-state index in [1.54, 1.807) is 24.3 Å². The number of carbonyl (C=O) groups is 1. The first-order valence-corrected chi connectivity index (χ1v) is 6.70. The minimum absolute atomic E-state index is 0.266. The largest absolute Gasteiger partial charge is 0.399 e. The maximum atomic E-state index is 11.8. The van der Waals surface area contributed by atoms with E-state index in [2.05, 4.69) is 17.6 Å². The van der Waals surface area contributed by atoms with Crippen LogP contribution in [0.25, 0.3) is 0 Å². The van der Waals surface area contributed by atoms with Gasteiger partial charge >= 0.3 is 6.03 Å². The van der Waals surface area contributed by atoms with Gasteiger partial charge in [-0.2, -0.15) is 0 Å². The topological polar surface area (TPSA) is 67.2 Å². The summed E-state index contributed by atoms with van der Waals surface area (Å²) >= 11 is 0. The predicted molar refractivity (Wildman–Crippen MR) is 83.9 cm³/mol. The van der Waals surface area contributed by atoms with Crippen molar-refractivity contribution in [3.05, 3.63) is 54.1 Å². The van der Waals surface area contributed by atoms with Crippen LogP contribution >= 0.6 is 0 Å². The van der Waals surface area contributed by atoms with E-state index >= 15 is 0 Å². The molecule has 2 aromatic rings. The molecule has 0 unspecified atom stereocenters. The summed E-state index contributed by atoms with van der Waals surface area (Å²) in [5.41, 5.74) is 9.02. The number of nitrogens with one attached hydrogen (secondary N) is 2. The molecule has 2 rings (SSSR count). The number of benzene rings is 2. The van der Waals surface area contributed by atoms with Crippen LogP contribution in [0.15, 0.2) is 48.5 Å². The lowest BCUT2D eigenvalue weighted by Crippen LogP contribution is -2.19. The van der Waals surface area contributed by atoms with Crippen molar-refractivity contribution in [3.63, 3.8) is 0 Å². The Bertz CT molecular complexity index is 561. The normalized spacial score (nSPS) is 10.1. The Hall–Kier alpha value is -2.49. The summed E-state index contributed by atoms with van der Waals surface area (Å²) in [5, 5.41) is 5.54. The van der Waals surface area contributed by atoms with Crippen LogP contribution in [0, 0.1) is 0 Å². The van der Waals surface area contributed by atoms with Crippen molar-refractivity contribution in [1.29, 1.82) is 0 Å². The molecule has 20 heavy (non-hydrogen) atoms. The number of nitrogen functional groups attached to an aromatic ring is 1. The van der Waals surface area contributed by atoms with Gasteiger partial charge in [-0.3, -0.25) is 0 Å². The lowest BCUT2D eigenvalue weighted by molar-refractivity contribution is 0.262. The molecule has 0 fully saturated rings. The van der Waals surface area contributed by atoms with Gasteiger partial charge in [-0.1, -0.05) is 25.5 Å². The molecule has 0 aliphatic rings. The molecule has 0 aliphatic carbocycles. The smallest absolute Gasteiger partial charge is 0.323 e. The van der Waals surface area contributed by atoms with Gasteiger partial charge in [-0.05, 0) is 48.4 Å². The number of hydrogen-bond donors (Lipinski definition) is 3. The predicted octanol–water partition coefficient (Wildman–Crippen LogP) is 3.87. The highest BCUT2D eigenvalue weighted by Crippen LogP contribution is 2.13. The van der Waals surface area contributed by atoms with Crippen LogP contribution in [-0.2, 0) is 6.42 Å². The van der Waals surface area contributed by atoms with Crippen molar-refractivity contribution in [2.75, 3.05) is 16.4 Å². The Morgan fingerprint density at radius 3 is 1.95 bits per heavy atom. The summed E-state index contributed by atoms with van der Waals surface area (Å²) in [4.78, 5) is 11.8. The fourth-order valence-corrected chi connectivity index (χ4v) is 1.90. The monoisotopic (exact) mass is 269 g/mol. The van der Waals surface area contributed by atoms with Crippen molar-refractivity contribution in [2.24, 2.45) is 0 Å². The summed E-state index contributed by atoms with van der Waals surface area (Å²) in [7, 11) is 0. The zero-order valence-electron chi connectivity index (χ0n) is 11.5. The molecule has 4 nitrogen and oxygen atoms in total. The highest BCUT2D eigenvalue weighted by Gasteiger charge is 2.02. The number of rotatable bonds is 4. The van der Waals surface area contributed by atoms with Crippen LogP contribution < -0.4 is 16.4 Å². The molecule has 104 valence electrons. The average Bonchev–Trinajstić information content (AvgIpc) is 2.44. The Morgan fingerprint density at radius 1 is 0.950 bits per heavy atom. The zero-order valence-corrected chi connectivity index (χ0v) is 11.5. The van der Waals surface area contributed by atoms with Crippen LogP contribution in [0.1, 0.15) is 18.9 Å². The SMILES string of the molecule is CCCc1ccc(NC(=O)Nc2ccc(N)cc2)cc1. The Kier molecular flexibility index (Phi) is 4.60. The molecular weight excluding hydrogens is 250 g/mol. The van der Waals surface area contributed by atoms with Crippen LogP contribution in [0.2, 0.25) is 0 Å². The highest BCUT2D eigenvalue weighted by atomic mass is 16.2. The fourth-order valence-electron chi connectivity index (χ4n) is 1.90. The van der Waals surface area contributed by atoms with Gasteiger partial charge in [0.05, 0.1) is 0 Å². The van der Waals surface area contributed by atoms with E-state index in [1.807, 2.05) is 24.3 Å². The van der Waals surface area contributed by atoms with E-state index in [-0.39, 0.29) is 6.03 Å². The van der Waals surface area contributed by atoms with Crippen LogP contribution in [0.4, 0.5) is 21.9 Å². The first kappa shape index (κ1) is 13.9. The van der Waals surface area contributed by atoms with E-state index in [0.29, 0.717) is 11.4 Å². The van der Waals surface area contributed by atoms with Crippen LogP contribution in [0.3, 0.4) is 0 Å². The number of carbonyl (C=O) groups excluding carboxylic acids is 1. The van der Waals surface area contributed by atoms with Crippen molar-refractivity contribution in [2.45, 2.75) is 19.8 Å².